The first-order valence-electron chi connectivity index (χ1n) is 6.65. The predicted octanol–water partition coefficient (Wildman–Crippen LogP) is 3.02. The number of hydrogen-bond donors (Lipinski definition) is 1. The third-order valence-electron chi connectivity index (χ3n) is 3.08. The van der Waals surface area contributed by atoms with Gasteiger partial charge in [-0.2, -0.15) is 0 Å². The van der Waals surface area contributed by atoms with Crippen molar-refractivity contribution >= 4 is 0 Å². The lowest BCUT2D eigenvalue weighted by molar-refractivity contribution is 0.136. The van der Waals surface area contributed by atoms with Gasteiger partial charge < -0.3 is 10.1 Å². The summed E-state index contributed by atoms with van der Waals surface area (Å²) in [6.45, 7) is 3.73. The number of ether oxygens (including phenoxy) is 1. The summed E-state index contributed by atoms with van der Waals surface area (Å²) in [6.07, 6.45) is 4.74. The van der Waals surface area contributed by atoms with Gasteiger partial charge in [0.2, 0.25) is 0 Å². The Kier molecular flexibility index (Phi) is 7.69. The second-order valence-electron chi connectivity index (χ2n) is 4.35. The van der Waals surface area contributed by atoms with Crippen molar-refractivity contribution < 1.29 is 4.74 Å². The van der Waals surface area contributed by atoms with E-state index in [1.807, 2.05) is 14.0 Å². The molecule has 1 aromatic carbocycles. The molecule has 1 rings (SSSR count). The fourth-order valence-corrected chi connectivity index (χ4v) is 2.00. The molecule has 1 atom stereocenters. The Morgan fingerprint density at radius 3 is 2.59 bits per heavy atom. The third-order valence-corrected chi connectivity index (χ3v) is 3.08. The first-order valence-corrected chi connectivity index (χ1v) is 6.65. The fourth-order valence-electron chi connectivity index (χ4n) is 2.00. The van der Waals surface area contributed by atoms with Gasteiger partial charge in [0.15, 0.2) is 0 Å². The van der Waals surface area contributed by atoms with E-state index in [9.17, 15) is 0 Å². The lowest BCUT2D eigenvalue weighted by Crippen LogP contribution is -2.26. The van der Waals surface area contributed by atoms with Gasteiger partial charge in [-0.1, -0.05) is 30.3 Å². The van der Waals surface area contributed by atoms with E-state index in [4.69, 9.17) is 4.74 Å². The van der Waals surface area contributed by atoms with Gasteiger partial charge >= 0.3 is 0 Å². The van der Waals surface area contributed by atoms with Crippen LogP contribution < -0.4 is 5.32 Å². The van der Waals surface area contributed by atoms with Crippen LogP contribution in [0.25, 0.3) is 0 Å². The van der Waals surface area contributed by atoms with E-state index >= 15 is 0 Å². The van der Waals surface area contributed by atoms with Crippen molar-refractivity contribution in [1.82, 2.24) is 5.32 Å². The molecule has 0 aliphatic heterocycles. The van der Waals surface area contributed by atoms with E-state index in [0.29, 0.717) is 6.04 Å². The molecule has 0 saturated carbocycles. The van der Waals surface area contributed by atoms with E-state index in [2.05, 4.69) is 35.6 Å². The average Bonchev–Trinajstić information content (AvgIpc) is 2.38. The van der Waals surface area contributed by atoms with Gasteiger partial charge in [-0.25, -0.2) is 0 Å². The van der Waals surface area contributed by atoms with Gasteiger partial charge in [0.05, 0.1) is 0 Å². The van der Waals surface area contributed by atoms with Crippen LogP contribution in [0, 0.1) is 0 Å². The highest BCUT2D eigenvalue weighted by atomic mass is 16.5. The Balaban J connectivity index is 2.15. The number of hydrogen-bond acceptors (Lipinski definition) is 2. The molecule has 0 heterocycles. The fraction of sp³-hybridized carbons (Fsp3) is 0.600. The van der Waals surface area contributed by atoms with E-state index in [1.165, 1.54) is 24.8 Å². The quantitative estimate of drug-likeness (QED) is 0.664. The molecule has 0 amide bonds. The first kappa shape index (κ1) is 14.2. The van der Waals surface area contributed by atoms with Gasteiger partial charge in [-0.05, 0) is 45.2 Å². The van der Waals surface area contributed by atoms with E-state index in [-0.39, 0.29) is 0 Å². The van der Waals surface area contributed by atoms with Crippen molar-refractivity contribution in [1.29, 1.82) is 0 Å². The van der Waals surface area contributed by atoms with Gasteiger partial charge in [0.1, 0.15) is 0 Å². The maximum atomic E-state index is 5.39. The van der Waals surface area contributed by atoms with Gasteiger partial charge in [-0.3, -0.25) is 0 Å². The minimum absolute atomic E-state index is 0.588. The predicted molar refractivity (Wildman–Crippen MR) is 73.3 cm³/mol. The van der Waals surface area contributed by atoms with Crippen LogP contribution in [-0.2, 0) is 11.2 Å². The Morgan fingerprint density at radius 1 is 1.18 bits per heavy atom. The standard InChI is InChI=1S/C15H25NO/c1-3-17-13-12-15(16-2)11-7-10-14-8-5-4-6-9-14/h4-6,8-9,15-16H,3,7,10-13H2,1-2H3. The molecule has 0 aliphatic rings. The molecule has 0 bridgehead atoms. The zero-order chi connectivity index (χ0) is 12.3. The molecule has 2 nitrogen and oxygen atoms in total. The Labute approximate surface area is 105 Å². The number of nitrogens with one attached hydrogen (secondary N) is 1. The Morgan fingerprint density at radius 2 is 1.94 bits per heavy atom. The first-order chi connectivity index (χ1) is 8.36. The zero-order valence-corrected chi connectivity index (χ0v) is 11.1. The molecule has 0 radical (unpaired) electrons. The van der Waals surface area contributed by atoms with Crippen LogP contribution in [0.3, 0.4) is 0 Å². The molecule has 0 saturated heterocycles. The van der Waals surface area contributed by atoms with Crippen LogP contribution in [-0.4, -0.2) is 26.3 Å². The summed E-state index contributed by atoms with van der Waals surface area (Å²) in [7, 11) is 2.04. The molecular formula is C15H25NO. The molecule has 0 fully saturated rings. The van der Waals surface area contributed by atoms with Crippen molar-refractivity contribution in [2.24, 2.45) is 0 Å². The van der Waals surface area contributed by atoms with Crippen LogP contribution in [0.1, 0.15) is 31.7 Å². The van der Waals surface area contributed by atoms with Gasteiger partial charge in [0.25, 0.3) is 0 Å². The van der Waals surface area contributed by atoms with Crippen LogP contribution in [0.4, 0.5) is 0 Å². The summed E-state index contributed by atoms with van der Waals surface area (Å²) < 4.78 is 5.39. The summed E-state index contributed by atoms with van der Waals surface area (Å²) in [5.41, 5.74) is 1.44. The average molecular weight is 235 g/mol. The highest BCUT2D eigenvalue weighted by Gasteiger charge is 2.05. The lowest BCUT2D eigenvalue weighted by atomic mass is 10.0. The summed E-state index contributed by atoms with van der Waals surface area (Å²) in [5, 5.41) is 3.37. The van der Waals surface area contributed by atoms with E-state index in [1.54, 1.807) is 0 Å². The second-order valence-corrected chi connectivity index (χ2v) is 4.35. The number of aryl methyl sites for hydroxylation is 1. The summed E-state index contributed by atoms with van der Waals surface area (Å²) in [4.78, 5) is 0. The van der Waals surface area contributed by atoms with Crippen molar-refractivity contribution in [2.45, 2.75) is 38.6 Å². The van der Waals surface area contributed by atoms with Crippen LogP contribution in [0.15, 0.2) is 30.3 Å². The van der Waals surface area contributed by atoms with Crippen LogP contribution >= 0.6 is 0 Å². The molecule has 0 aromatic heterocycles. The SMILES string of the molecule is CCOCCC(CCCc1ccccc1)NC. The van der Waals surface area contributed by atoms with Crippen LogP contribution in [0.5, 0.6) is 0 Å². The molecule has 0 spiro atoms. The summed E-state index contributed by atoms with van der Waals surface area (Å²) in [6, 6.07) is 11.3. The normalized spacial score (nSPS) is 12.6. The monoisotopic (exact) mass is 235 g/mol. The molecule has 17 heavy (non-hydrogen) atoms. The molecule has 1 aromatic rings. The second kappa shape index (κ2) is 9.20. The lowest BCUT2D eigenvalue weighted by Gasteiger charge is -2.15. The van der Waals surface area contributed by atoms with Gasteiger partial charge in [0, 0.05) is 19.3 Å². The van der Waals surface area contributed by atoms with Gasteiger partial charge in [-0.15, -0.1) is 0 Å². The van der Waals surface area contributed by atoms with E-state index < -0.39 is 0 Å². The summed E-state index contributed by atoms with van der Waals surface area (Å²) in [5.74, 6) is 0. The summed E-state index contributed by atoms with van der Waals surface area (Å²) >= 11 is 0. The minimum Gasteiger partial charge on any atom is -0.382 e. The number of rotatable bonds is 9. The van der Waals surface area contributed by atoms with E-state index in [0.717, 1.165) is 19.6 Å². The Bertz CT molecular complexity index is 274. The third kappa shape index (κ3) is 6.44. The van der Waals surface area contributed by atoms with Crippen molar-refractivity contribution in [3.8, 4) is 0 Å². The zero-order valence-electron chi connectivity index (χ0n) is 11.1. The maximum Gasteiger partial charge on any atom is 0.0480 e. The van der Waals surface area contributed by atoms with Crippen molar-refractivity contribution in [3.63, 3.8) is 0 Å². The van der Waals surface area contributed by atoms with Crippen molar-refractivity contribution in [2.75, 3.05) is 20.3 Å². The number of benzene rings is 1. The molecule has 2 heteroatoms. The maximum absolute atomic E-state index is 5.39. The molecule has 1 unspecified atom stereocenters. The molecule has 96 valence electrons. The highest BCUT2D eigenvalue weighted by molar-refractivity contribution is 5.14. The molecule has 1 N–H and O–H groups in total. The van der Waals surface area contributed by atoms with Crippen molar-refractivity contribution in [3.05, 3.63) is 35.9 Å². The smallest absolute Gasteiger partial charge is 0.0480 e. The minimum atomic E-state index is 0.588. The molecule has 0 aliphatic carbocycles. The largest absolute Gasteiger partial charge is 0.382 e. The molecular weight excluding hydrogens is 210 g/mol. The Hall–Kier alpha value is -0.860. The topological polar surface area (TPSA) is 21.3 Å². The van der Waals surface area contributed by atoms with Crippen LogP contribution in [0.2, 0.25) is 0 Å². The highest BCUT2D eigenvalue weighted by Crippen LogP contribution is 2.08.